The molecule has 1 atom stereocenters. The van der Waals surface area contributed by atoms with Crippen LogP contribution in [-0.2, 0) is 17.6 Å². The minimum atomic E-state index is -0.219. The minimum Gasteiger partial charge on any atom is -0.457 e. The monoisotopic (exact) mass is 258 g/mol. The Balaban J connectivity index is 2.01. The molecule has 0 radical (unpaired) electrons. The summed E-state index contributed by atoms with van der Waals surface area (Å²) in [4.78, 5) is 4.19. The Morgan fingerprint density at radius 3 is 2.79 bits per heavy atom. The Bertz CT molecular complexity index is 548. The fraction of sp³-hybridized carbons (Fsp3) is 0.562. The Kier molecular flexibility index (Phi) is 2.63. The van der Waals surface area contributed by atoms with Gasteiger partial charge in [0.1, 0.15) is 5.60 Å². The van der Waals surface area contributed by atoms with E-state index in [1.54, 1.807) is 7.05 Å². The van der Waals surface area contributed by atoms with E-state index in [9.17, 15) is 0 Å². The third kappa shape index (κ3) is 1.75. The van der Waals surface area contributed by atoms with Gasteiger partial charge in [-0.3, -0.25) is 0 Å². The van der Waals surface area contributed by atoms with E-state index in [1.807, 2.05) is 0 Å². The van der Waals surface area contributed by atoms with E-state index < -0.39 is 0 Å². The summed E-state index contributed by atoms with van der Waals surface area (Å²) in [6.07, 6.45) is 3.21. The molecule has 102 valence electrons. The topological polar surface area (TPSA) is 33.6 Å². The molecule has 1 aromatic rings. The second-order valence-electron chi connectivity index (χ2n) is 6.24. The normalized spacial score (nSPS) is 30.0. The molecule has 1 unspecified atom stereocenters. The van der Waals surface area contributed by atoms with Crippen molar-refractivity contribution in [1.82, 2.24) is 5.32 Å². The molecule has 1 aromatic carbocycles. The molecule has 1 fully saturated rings. The molecule has 0 bridgehead atoms. The maximum Gasteiger partial charge on any atom is 0.285 e. The molecule has 1 N–H and O–H groups in total. The number of hydrogen-bond acceptors (Lipinski definition) is 2. The molecular formula is C16H22N2O. The smallest absolute Gasteiger partial charge is 0.285 e. The number of aryl methyl sites for hydroxylation is 1. The van der Waals surface area contributed by atoms with Gasteiger partial charge in [0.05, 0.1) is 5.54 Å². The van der Waals surface area contributed by atoms with E-state index in [4.69, 9.17) is 4.74 Å². The van der Waals surface area contributed by atoms with Crippen LogP contribution in [0.1, 0.15) is 37.0 Å². The first-order valence-corrected chi connectivity index (χ1v) is 6.99. The maximum absolute atomic E-state index is 5.98. The Morgan fingerprint density at radius 2 is 2.11 bits per heavy atom. The third-order valence-electron chi connectivity index (χ3n) is 4.85. The summed E-state index contributed by atoms with van der Waals surface area (Å²) in [6, 6.07) is 7.30. The number of nitrogens with zero attached hydrogens (tertiary/aromatic N) is 1. The third-order valence-corrected chi connectivity index (χ3v) is 4.85. The molecule has 1 aliphatic carbocycles. The Labute approximate surface area is 115 Å². The van der Waals surface area contributed by atoms with Crippen molar-refractivity contribution in [2.45, 2.75) is 51.2 Å². The number of nitrogens with one attached hydrogen (secondary N) is 1. The fourth-order valence-electron chi connectivity index (χ4n) is 3.48. The van der Waals surface area contributed by atoms with Crippen LogP contribution in [0.25, 0.3) is 0 Å². The Morgan fingerprint density at radius 1 is 1.32 bits per heavy atom. The second kappa shape index (κ2) is 3.99. The lowest BCUT2D eigenvalue weighted by atomic mass is 9.69. The van der Waals surface area contributed by atoms with E-state index in [0.717, 1.165) is 19.3 Å². The average molecular weight is 258 g/mol. The van der Waals surface area contributed by atoms with Gasteiger partial charge >= 0.3 is 0 Å². The van der Waals surface area contributed by atoms with Crippen LogP contribution in [0.2, 0.25) is 0 Å². The molecular weight excluding hydrogens is 236 g/mol. The zero-order valence-corrected chi connectivity index (χ0v) is 12.2. The van der Waals surface area contributed by atoms with Gasteiger partial charge in [-0.2, -0.15) is 0 Å². The summed E-state index contributed by atoms with van der Waals surface area (Å²) in [5.41, 5.74) is 4.14. The summed E-state index contributed by atoms with van der Waals surface area (Å²) in [7, 11) is 1.78. The van der Waals surface area contributed by atoms with Crippen LogP contribution in [-0.4, -0.2) is 24.2 Å². The lowest BCUT2D eigenvalue weighted by molar-refractivity contribution is 0.0417. The summed E-state index contributed by atoms with van der Waals surface area (Å²) in [6.45, 7) is 6.54. The molecule has 0 saturated carbocycles. The highest BCUT2D eigenvalue weighted by atomic mass is 16.5. The van der Waals surface area contributed by atoms with Crippen LogP contribution in [0.15, 0.2) is 23.2 Å². The highest BCUT2D eigenvalue weighted by Gasteiger charge is 2.54. The van der Waals surface area contributed by atoms with Crippen molar-refractivity contribution >= 4 is 6.02 Å². The summed E-state index contributed by atoms with van der Waals surface area (Å²) >= 11 is 0. The summed E-state index contributed by atoms with van der Waals surface area (Å²) in [5.74, 6) is 0. The molecule has 3 nitrogen and oxygen atoms in total. The molecule has 1 aliphatic heterocycles. The van der Waals surface area contributed by atoms with Gasteiger partial charge in [-0.15, -0.1) is 0 Å². The molecule has 0 amide bonds. The number of amidine groups is 1. The van der Waals surface area contributed by atoms with E-state index in [-0.39, 0.29) is 11.1 Å². The molecule has 2 aliphatic rings. The lowest BCUT2D eigenvalue weighted by Crippen LogP contribution is -2.57. The quantitative estimate of drug-likeness (QED) is 0.776. The molecule has 3 heteroatoms. The van der Waals surface area contributed by atoms with Crippen LogP contribution >= 0.6 is 0 Å². The predicted molar refractivity (Wildman–Crippen MR) is 77.6 cm³/mol. The number of benzene rings is 1. The molecule has 1 heterocycles. The number of ether oxygens (including phenoxy) is 1. The molecule has 19 heavy (non-hydrogen) atoms. The van der Waals surface area contributed by atoms with Crippen molar-refractivity contribution in [3.05, 3.63) is 34.9 Å². The maximum atomic E-state index is 5.98. The molecule has 1 saturated heterocycles. The van der Waals surface area contributed by atoms with Crippen molar-refractivity contribution in [3.8, 4) is 0 Å². The second-order valence-corrected chi connectivity index (χ2v) is 6.24. The van der Waals surface area contributed by atoms with Gasteiger partial charge in [0.2, 0.25) is 0 Å². The van der Waals surface area contributed by atoms with E-state index >= 15 is 0 Å². The Hall–Kier alpha value is -1.51. The van der Waals surface area contributed by atoms with Crippen molar-refractivity contribution in [1.29, 1.82) is 0 Å². The van der Waals surface area contributed by atoms with Crippen molar-refractivity contribution < 1.29 is 4.74 Å². The van der Waals surface area contributed by atoms with Crippen LogP contribution in [0.4, 0.5) is 0 Å². The minimum absolute atomic E-state index is 0.0252. The van der Waals surface area contributed by atoms with Gasteiger partial charge in [0.15, 0.2) is 0 Å². The fourth-order valence-corrected chi connectivity index (χ4v) is 3.48. The van der Waals surface area contributed by atoms with Gasteiger partial charge in [-0.1, -0.05) is 18.2 Å². The van der Waals surface area contributed by atoms with Crippen molar-refractivity contribution in [3.63, 3.8) is 0 Å². The highest BCUT2D eigenvalue weighted by molar-refractivity contribution is 5.78. The predicted octanol–water partition coefficient (Wildman–Crippen LogP) is 2.61. The number of fused-ring (bicyclic) bond motifs is 1. The standard InChI is InChI=1S/C16H22N2O/c1-11-6-5-7-12-10-16(9-8-13(11)12)15(2,3)19-14(17-4)18-16/h5-7H,8-10H2,1-4H3,(H,17,18). The van der Waals surface area contributed by atoms with Crippen LogP contribution in [0.3, 0.4) is 0 Å². The number of aliphatic imine (C=N–C) groups is 1. The summed E-state index contributed by atoms with van der Waals surface area (Å²) < 4.78 is 5.98. The number of hydrogen-bond donors (Lipinski definition) is 1. The van der Waals surface area contributed by atoms with Crippen molar-refractivity contribution in [2.24, 2.45) is 4.99 Å². The molecule has 0 aromatic heterocycles. The van der Waals surface area contributed by atoms with Crippen LogP contribution in [0.5, 0.6) is 0 Å². The highest BCUT2D eigenvalue weighted by Crippen LogP contribution is 2.42. The van der Waals surface area contributed by atoms with Crippen LogP contribution in [0, 0.1) is 6.92 Å². The largest absolute Gasteiger partial charge is 0.457 e. The van der Waals surface area contributed by atoms with Crippen LogP contribution < -0.4 is 5.32 Å². The lowest BCUT2D eigenvalue weighted by Gasteiger charge is -2.42. The number of rotatable bonds is 0. The first kappa shape index (κ1) is 12.5. The first-order valence-electron chi connectivity index (χ1n) is 6.99. The van der Waals surface area contributed by atoms with E-state index in [0.29, 0.717) is 6.02 Å². The molecule has 1 spiro atoms. The van der Waals surface area contributed by atoms with Gasteiger partial charge in [0.25, 0.3) is 6.02 Å². The van der Waals surface area contributed by atoms with Crippen molar-refractivity contribution in [2.75, 3.05) is 7.05 Å². The zero-order chi connectivity index (χ0) is 13.7. The van der Waals surface area contributed by atoms with E-state index in [2.05, 4.69) is 49.3 Å². The molecule has 3 rings (SSSR count). The first-order chi connectivity index (χ1) is 8.97. The zero-order valence-electron chi connectivity index (χ0n) is 12.2. The van der Waals surface area contributed by atoms with Gasteiger partial charge < -0.3 is 10.1 Å². The van der Waals surface area contributed by atoms with Gasteiger partial charge in [-0.25, -0.2) is 4.99 Å². The van der Waals surface area contributed by atoms with Gasteiger partial charge in [0, 0.05) is 7.05 Å². The average Bonchev–Trinajstić information content (AvgIpc) is 2.61. The SMILES string of the molecule is CN=C1NC2(CCc3c(C)cccc3C2)C(C)(C)O1. The van der Waals surface area contributed by atoms with Gasteiger partial charge in [-0.05, 0) is 56.7 Å². The summed E-state index contributed by atoms with van der Waals surface area (Å²) in [5, 5.41) is 3.53. The van der Waals surface area contributed by atoms with E-state index in [1.165, 1.54) is 16.7 Å².